The van der Waals surface area contributed by atoms with E-state index in [4.69, 9.17) is 8.83 Å². The first-order valence-corrected chi connectivity index (χ1v) is 6.68. The first-order valence-electron chi connectivity index (χ1n) is 6.68. The Morgan fingerprint density at radius 3 is 2.73 bits per heavy atom. The first kappa shape index (κ1) is 20.5. The highest BCUT2D eigenvalue weighted by molar-refractivity contribution is 5.85. The number of nitrogens with zero attached hydrogens (tertiary/aromatic N) is 1. The zero-order valence-electron chi connectivity index (χ0n) is 12.5. The standard InChI is InChI=1S/C14H19N3O3.2ClH/c1-3-15-6-7-16-13(18)9-11-10(2)20-14(17-11)12-5-4-8-19-12;;/h4-5,8,15H,3,6-7,9H2,1-2H3,(H,16,18);2*1H. The molecular weight excluding hydrogens is 329 g/mol. The molecule has 124 valence electrons. The minimum Gasteiger partial charge on any atom is -0.459 e. The lowest BCUT2D eigenvalue weighted by Gasteiger charge is -2.04. The van der Waals surface area contributed by atoms with Crippen molar-refractivity contribution in [3.05, 3.63) is 29.9 Å². The highest BCUT2D eigenvalue weighted by Gasteiger charge is 2.15. The third-order valence-electron chi connectivity index (χ3n) is 2.83. The Labute approximate surface area is 141 Å². The maximum Gasteiger partial charge on any atom is 0.263 e. The van der Waals surface area contributed by atoms with Crippen molar-refractivity contribution >= 4 is 30.7 Å². The summed E-state index contributed by atoms with van der Waals surface area (Å²) in [6.07, 6.45) is 1.77. The van der Waals surface area contributed by atoms with Crippen LogP contribution < -0.4 is 10.6 Å². The minimum atomic E-state index is -0.0645. The fraction of sp³-hybridized carbons (Fsp3) is 0.429. The highest BCUT2D eigenvalue weighted by atomic mass is 35.5. The summed E-state index contributed by atoms with van der Waals surface area (Å²) in [7, 11) is 0. The van der Waals surface area contributed by atoms with E-state index in [0.717, 1.165) is 13.1 Å². The average molecular weight is 350 g/mol. The van der Waals surface area contributed by atoms with Crippen LogP contribution >= 0.6 is 24.8 Å². The van der Waals surface area contributed by atoms with Crippen LogP contribution in [-0.4, -0.2) is 30.5 Å². The molecule has 0 aliphatic rings. The summed E-state index contributed by atoms with van der Waals surface area (Å²) in [4.78, 5) is 16.1. The summed E-state index contributed by atoms with van der Waals surface area (Å²) in [6.45, 7) is 6.08. The van der Waals surface area contributed by atoms with Crippen LogP contribution in [0.15, 0.2) is 27.2 Å². The van der Waals surface area contributed by atoms with Gasteiger partial charge in [-0.2, -0.15) is 0 Å². The molecule has 0 aliphatic carbocycles. The van der Waals surface area contributed by atoms with Crippen LogP contribution in [-0.2, 0) is 11.2 Å². The SMILES string of the molecule is CCNCCNC(=O)Cc1nc(-c2ccco2)oc1C.Cl.Cl. The van der Waals surface area contributed by atoms with Gasteiger partial charge in [-0.25, -0.2) is 4.98 Å². The van der Waals surface area contributed by atoms with Crippen LogP contribution in [0.2, 0.25) is 0 Å². The number of oxazole rings is 1. The van der Waals surface area contributed by atoms with Crippen molar-refractivity contribution < 1.29 is 13.6 Å². The topological polar surface area (TPSA) is 80.3 Å². The monoisotopic (exact) mass is 349 g/mol. The van der Waals surface area contributed by atoms with Gasteiger partial charge in [0.1, 0.15) is 5.76 Å². The second-order valence-electron chi connectivity index (χ2n) is 4.38. The molecule has 0 unspecified atom stereocenters. The normalized spacial score (nSPS) is 9.73. The molecule has 2 aromatic heterocycles. The van der Waals surface area contributed by atoms with Crippen molar-refractivity contribution in [2.45, 2.75) is 20.3 Å². The van der Waals surface area contributed by atoms with E-state index in [-0.39, 0.29) is 37.1 Å². The van der Waals surface area contributed by atoms with Gasteiger partial charge in [0.25, 0.3) is 5.89 Å². The molecule has 0 spiro atoms. The van der Waals surface area contributed by atoms with Gasteiger partial charge >= 0.3 is 0 Å². The van der Waals surface area contributed by atoms with Crippen molar-refractivity contribution in [1.82, 2.24) is 15.6 Å². The molecular formula is C14H21Cl2N3O3. The summed E-state index contributed by atoms with van der Waals surface area (Å²) in [5.41, 5.74) is 0.636. The predicted octanol–water partition coefficient (Wildman–Crippen LogP) is 2.35. The fourth-order valence-electron chi connectivity index (χ4n) is 1.78. The zero-order valence-corrected chi connectivity index (χ0v) is 14.2. The lowest BCUT2D eigenvalue weighted by atomic mass is 10.2. The summed E-state index contributed by atoms with van der Waals surface area (Å²) in [5, 5.41) is 5.97. The van der Waals surface area contributed by atoms with Gasteiger partial charge in [0.15, 0.2) is 5.76 Å². The summed E-state index contributed by atoms with van der Waals surface area (Å²) >= 11 is 0. The van der Waals surface area contributed by atoms with Gasteiger partial charge in [-0.1, -0.05) is 6.92 Å². The van der Waals surface area contributed by atoms with E-state index in [2.05, 4.69) is 15.6 Å². The number of aryl methyl sites for hydroxylation is 1. The number of likely N-dealkylation sites (N-methyl/N-ethyl adjacent to an activating group) is 1. The molecule has 1 amide bonds. The fourth-order valence-corrected chi connectivity index (χ4v) is 1.78. The third-order valence-corrected chi connectivity index (χ3v) is 2.83. The molecule has 0 saturated heterocycles. The van der Waals surface area contributed by atoms with E-state index in [1.807, 2.05) is 6.92 Å². The Hall–Kier alpha value is -1.50. The summed E-state index contributed by atoms with van der Waals surface area (Å²) < 4.78 is 10.7. The zero-order chi connectivity index (χ0) is 14.4. The molecule has 2 heterocycles. The molecule has 0 bridgehead atoms. The van der Waals surface area contributed by atoms with E-state index in [0.29, 0.717) is 29.6 Å². The van der Waals surface area contributed by atoms with Crippen LogP contribution in [0.25, 0.3) is 11.7 Å². The van der Waals surface area contributed by atoms with Gasteiger partial charge in [-0.3, -0.25) is 4.79 Å². The lowest BCUT2D eigenvalue weighted by molar-refractivity contribution is -0.120. The summed E-state index contributed by atoms with van der Waals surface area (Å²) in [6, 6.07) is 3.54. The smallest absolute Gasteiger partial charge is 0.263 e. The highest BCUT2D eigenvalue weighted by Crippen LogP contribution is 2.22. The van der Waals surface area contributed by atoms with Crippen LogP contribution in [0.5, 0.6) is 0 Å². The molecule has 2 rings (SSSR count). The molecule has 0 saturated carbocycles. The van der Waals surface area contributed by atoms with Gasteiger partial charge in [0, 0.05) is 13.1 Å². The van der Waals surface area contributed by atoms with E-state index in [1.165, 1.54) is 0 Å². The molecule has 0 fully saturated rings. The first-order chi connectivity index (χ1) is 9.70. The number of carbonyl (C=O) groups excluding carboxylic acids is 1. The van der Waals surface area contributed by atoms with Gasteiger partial charge in [-0.15, -0.1) is 24.8 Å². The maximum absolute atomic E-state index is 11.8. The van der Waals surface area contributed by atoms with Crippen LogP contribution in [0.1, 0.15) is 18.4 Å². The number of halogens is 2. The van der Waals surface area contributed by atoms with Crippen molar-refractivity contribution in [3.8, 4) is 11.7 Å². The van der Waals surface area contributed by atoms with E-state index >= 15 is 0 Å². The van der Waals surface area contributed by atoms with Crippen LogP contribution in [0.3, 0.4) is 0 Å². The van der Waals surface area contributed by atoms with Crippen molar-refractivity contribution in [3.63, 3.8) is 0 Å². The molecule has 0 radical (unpaired) electrons. The molecule has 2 N–H and O–H groups in total. The molecule has 0 aliphatic heterocycles. The number of hydrogen-bond acceptors (Lipinski definition) is 5. The molecule has 0 atom stereocenters. The molecule has 6 nitrogen and oxygen atoms in total. The van der Waals surface area contributed by atoms with Crippen molar-refractivity contribution in [2.24, 2.45) is 0 Å². The molecule has 2 aromatic rings. The summed E-state index contributed by atoms with van der Waals surface area (Å²) in [5.74, 6) is 1.54. The number of rotatable bonds is 7. The van der Waals surface area contributed by atoms with E-state index in [9.17, 15) is 4.79 Å². The molecule has 0 aromatic carbocycles. The van der Waals surface area contributed by atoms with Crippen molar-refractivity contribution in [2.75, 3.05) is 19.6 Å². The second-order valence-corrected chi connectivity index (χ2v) is 4.38. The lowest BCUT2D eigenvalue weighted by Crippen LogP contribution is -2.32. The minimum absolute atomic E-state index is 0. The number of amides is 1. The molecule has 8 heteroatoms. The van der Waals surface area contributed by atoms with Gasteiger partial charge in [0.2, 0.25) is 5.91 Å². The Balaban J connectivity index is 0.00000220. The number of nitrogens with one attached hydrogen (secondary N) is 2. The Morgan fingerprint density at radius 1 is 1.32 bits per heavy atom. The molecule has 22 heavy (non-hydrogen) atoms. The van der Waals surface area contributed by atoms with Crippen molar-refractivity contribution in [1.29, 1.82) is 0 Å². The maximum atomic E-state index is 11.8. The van der Waals surface area contributed by atoms with Gasteiger partial charge in [0.05, 0.1) is 18.4 Å². The number of hydrogen-bond donors (Lipinski definition) is 2. The Kier molecular flexibility index (Phi) is 9.56. The van der Waals surface area contributed by atoms with E-state index in [1.54, 1.807) is 25.3 Å². The average Bonchev–Trinajstić information content (AvgIpc) is 3.05. The van der Waals surface area contributed by atoms with Crippen LogP contribution in [0.4, 0.5) is 0 Å². The Bertz CT molecular complexity index is 556. The van der Waals surface area contributed by atoms with Gasteiger partial charge < -0.3 is 19.5 Å². The number of furan rings is 1. The Morgan fingerprint density at radius 2 is 2.09 bits per heavy atom. The van der Waals surface area contributed by atoms with E-state index < -0.39 is 0 Å². The third kappa shape index (κ3) is 5.71. The quantitative estimate of drug-likeness (QED) is 0.750. The largest absolute Gasteiger partial charge is 0.459 e. The second kappa shape index (κ2) is 10.3. The number of aromatic nitrogens is 1. The van der Waals surface area contributed by atoms with Crippen LogP contribution in [0, 0.1) is 6.92 Å². The van der Waals surface area contributed by atoms with Gasteiger partial charge in [-0.05, 0) is 25.6 Å². The number of carbonyl (C=O) groups is 1. The predicted molar refractivity (Wildman–Crippen MR) is 88.7 cm³/mol.